The summed E-state index contributed by atoms with van der Waals surface area (Å²) in [5.74, 6) is 0. The molecule has 0 aliphatic carbocycles. The van der Waals surface area contributed by atoms with E-state index in [1.54, 1.807) is 0 Å². The zero-order valence-electron chi connectivity index (χ0n) is 27.7. The summed E-state index contributed by atoms with van der Waals surface area (Å²) in [5, 5.41) is 9.00. The fraction of sp³-hybridized carbons (Fsp3) is 0.0213. The summed E-state index contributed by atoms with van der Waals surface area (Å²) in [4.78, 5) is 11.0. The second-order valence-electron chi connectivity index (χ2n) is 13.2. The first-order valence-corrected chi connectivity index (χ1v) is 17.3. The van der Waals surface area contributed by atoms with Gasteiger partial charge in [0.1, 0.15) is 6.17 Å². The Labute approximate surface area is 296 Å². The lowest BCUT2D eigenvalue weighted by Crippen LogP contribution is -2.31. The monoisotopic (exact) mass is 652 g/mol. The minimum Gasteiger partial charge on any atom is -0.359 e. The van der Waals surface area contributed by atoms with E-state index >= 15 is 0 Å². The third kappa shape index (κ3) is 5.08. The molecule has 1 atom stereocenters. The van der Waals surface area contributed by atoms with Gasteiger partial charge in [-0.25, -0.2) is 0 Å². The van der Waals surface area contributed by atoms with Crippen LogP contribution in [-0.4, -0.2) is 16.1 Å². The van der Waals surface area contributed by atoms with Crippen LogP contribution < -0.4 is 10.2 Å². The molecular formula is C47H32N4. The Hall–Kier alpha value is -6.78. The lowest BCUT2D eigenvalue weighted by atomic mass is 9.92. The molecule has 0 spiro atoms. The van der Waals surface area contributed by atoms with Crippen LogP contribution in [-0.2, 0) is 0 Å². The predicted molar refractivity (Wildman–Crippen MR) is 212 cm³/mol. The van der Waals surface area contributed by atoms with Gasteiger partial charge in [0.15, 0.2) is 0 Å². The van der Waals surface area contributed by atoms with Crippen LogP contribution in [0.3, 0.4) is 0 Å². The first kappa shape index (κ1) is 29.2. The maximum Gasteiger partial charge on any atom is 0.123 e. The van der Waals surface area contributed by atoms with Gasteiger partial charge in [0.2, 0.25) is 0 Å². The predicted octanol–water partition coefficient (Wildman–Crippen LogP) is 11.6. The van der Waals surface area contributed by atoms with Crippen molar-refractivity contribution >= 4 is 38.5 Å². The Morgan fingerprint density at radius 2 is 1.10 bits per heavy atom. The van der Waals surface area contributed by atoms with Gasteiger partial charge in [-0.1, -0.05) is 109 Å². The normalized spacial score (nSPS) is 14.6. The molecule has 0 fully saturated rings. The summed E-state index contributed by atoms with van der Waals surface area (Å²) in [6.07, 6.45) is 14.3. The van der Waals surface area contributed by atoms with Gasteiger partial charge in [0, 0.05) is 36.6 Å². The molecular weight excluding hydrogens is 621 g/mol. The van der Waals surface area contributed by atoms with Crippen molar-refractivity contribution in [3.63, 3.8) is 0 Å². The average Bonchev–Trinajstić information content (AvgIpc) is 3.59. The fourth-order valence-corrected chi connectivity index (χ4v) is 7.66. The zero-order valence-corrected chi connectivity index (χ0v) is 27.7. The highest BCUT2D eigenvalue weighted by Gasteiger charge is 2.31. The third-order valence-corrected chi connectivity index (χ3v) is 10.2. The Morgan fingerprint density at radius 3 is 1.76 bits per heavy atom. The highest BCUT2D eigenvalue weighted by molar-refractivity contribution is 6.13. The lowest BCUT2D eigenvalue weighted by Gasteiger charge is -2.26. The summed E-state index contributed by atoms with van der Waals surface area (Å²) in [6.45, 7) is 0. The summed E-state index contributed by atoms with van der Waals surface area (Å²) in [5.41, 5.74) is 13.9. The SMILES string of the molecule is C1=CN2c3cc(-c4ccc(-c5cccnc5)cc4)cc(-c4ccc(-c5cccnc5)cc4)c3NC2C=C1c1cc2ccccc2c2ccccc12. The average molecular weight is 653 g/mol. The molecule has 2 aliphatic rings. The number of anilines is 2. The molecule has 1 N–H and O–H groups in total. The van der Waals surface area contributed by atoms with Crippen LogP contribution in [0.1, 0.15) is 5.56 Å². The van der Waals surface area contributed by atoms with Crippen molar-refractivity contribution in [2.75, 3.05) is 10.2 Å². The van der Waals surface area contributed by atoms with Crippen molar-refractivity contribution < 1.29 is 0 Å². The number of rotatable bonds is 5. The number of hydrogen-bond donors (Lipinski definition) is 1. The number of allylic oxidation sites excluding steroid dienone is 2. The highest BCUT2D eigenvalue weighted by Crippen LogP contribution is 2.48. The van der Waals surface area contributed by atoms with Crippen molar-refractivity contribution in [2.45, 2.75) is 6.17 Å². The van der Waals surface area contributed by atoms with Crippen molar-refractivity contribution in [3.8, 4) is 44.5 Å². The summed E-state index contributed by atoms with van der Waals surface area (Å²) in [6, 6.07) is 50.2. The Kier molecular flexibility index (Phi) is 6.85. The van der Waals surface area contributed by atoms with Crippen LogP contribution in [0.15, 0.2) is 183 Å². The van der Waals surface area contributed by atoms with Gasteiger partial charge in [-0.2, -0.15) is 0 Å². The van der Waals surface area contributed by atoms with E-state index in [-0.39, 0.29) is 6.17 Å². The van der Waals surface area contributed by atoms with Gasteiger partial charge in [-0.05, 0) is 114 Å². The van der Waals surface area contributed by atoms with Gasteiger partial charge in [0.25, 0.3) is 0 Å². The molecule has 0 saturated heterocycles. The molecule has 4 heteroatoms. The van der Waals surface area contributed by atoms with Crippen LogP contribution in [0.25, 0.3) is 71.6 Å². The Bertz CT molecular complexity index is 2640. The van der Waals surface area contributed by atoms with Crippen LogP contribution >= 0.6 is 0 Å². The molecule has 1 unspecified atom stereocenters. The fourth-order valence-electron chi connectivity index (χ4n) is 7.66. The number of pyridine rings is 2. The number of aromatic nitrogens is 2. The number of nitrogens with one attached hydrogen (secondary N) is 1. The summed E-state index contributed by atoms with van der Waals surface area (Å²) < 4.78 is 0. The van der Waals surface area contributed by atoms with Crippen LogP contribution in [0.5, 0.6) is 0 Å². The summed E-state index contributed by atoms with van der Waals surface area (Å²) >= 11 is 0. The van der Waals surface area contributed by atoms with E-state index in [2.05, 4.69) is 166 Å². The molecule has 10 rings (SSSR count). The van der Waals surface area contributed by atoms with Crippen molar-refractivity contribution in [2.24, 2.45) is 0 Å². The smallest absolute Gasteiger partial charge is 0.123 e. The molecule has 8 aromatic rings. The maximum absolute atomic E-state index is 4.33. The van der Waals surface area contributed by atoms with Crippen LogP contribution in [0.2, 0.25) is 0 Å². The topological polar surface area (TPSA) is 41.1 Å². The number of fused-ring (bicyclic) bond motifs is 6. The van der Waals surface area contributed by atoms with Gasteiger partial charge >= 0.3 is 0 Å². The first-order valence-electron chi connectivity index (χ1n) is 17.3. The molecule has 0 radical (unpaired) electrons. The van der Waals surface area contributed by atoms with E-state index in [4.69, 9.17) is 0 Å². The van der Waals surface area contributed by atoms with E-state index in [0.717, 1.165) is 39.2 Å². The molecule has 0 amide bonds. The zero-order chi connectivity index (χ0) is 33.7. The second kappa shape index (κ2) is 12.0. The number of hydrogen-bond acceptors (Lipinski definition) is 4. The minimum absolute atomic E-state index is 0.0261. The molecule has 6 aromatic carbocycles. The van der Waals surface area contributed by atoms with Crippen molar-refractivity contribution in [1.29, 1.82) is 0 Å². The maximum atomic E-state index is 4.33. The largest absolute Gasteiger partial charge is 0.359 e. The van der Waals surface area contributed by atoms with Crippen molar-refractivity contribution in [1.82, 2.24) is 9.97 Å². The van der Waals surface area contributed by atoms with Gasteiger partial charge in [-0.3, -0.25) is 9.97 Å². The number of nitrogens with zero attached hydrogens (tertiary/aromatic N) is 3. The molecule has 4 nitrogen and oxygen atoms in total. The van der Waals surface area contributed by atoms with Gasteiger partial charge in [0.05, 0.1) is 11.4 Å². The highest BCUT2D eigenvalue weighted by atomic mass is 15.3. The molecule has 0 saturated carbocycles. The third-order valence-electron chi connectivity index (χ3n) is 10.2. The van der Waals surface area contributed by atoms with Crippen LogP contribution in [0, 0.1) is 0 Å². The molecule has 4 heterocycles. The van der Waals surface area contributed by atoms with E-state index in [9.17, 15) is 0 Å². The molecule has 2 aliphatic heterocycles. The van der Waals surface area contributed by atoms with Crippen LogP contribution in [0.4, 0.5) is 11.4 Å². The van der Waals surface area contributed by atoms with Gasteiger partial charge in [-0.15, -0.1) is 0 Å². The van der Waals surface area contributed by atoms with Crippen molar-refractivity contribution in [3.05, 3.63) is 188 Å². The first-order chi connectivity index (χ1) is 25.3. The second-order valence-corrected chi connectivity index (χ2v) is 13.2. The van der Waals surface area contributed by atoms with E-state index < -0.39 is 0 Å². The minimum atomic E-state index is -0.0261. The van der Waals surface area contributed by atoms with E-state index in [1.807, 2.05) is 36.9 Å². The Morgan fingerprint density at radius 1 is 0.490 bits per heavy atom. The lowest BCUT2D eigenvalue weighted by molar-refractivity contribution is 0.911. The number of benzene rings is 6. The molecule has 0 bridgehead atoms. The Balaban J connectivity index is 1.07. The summed E-state index contributed by atoms with van der Waals surface area (Å²) in [7, 11) is 0. The quantitative estimate of drug-likeness (QED) is 0.188. The van der Waals surface area contributed by atoms with Gasteiger partial charge < -0.3 is 10.2 Å². The van der Waals surface area contributed by atoms with E-state index in [0.29, 0.717) is 0 Å². The molecule has 2 aromatic heterocycles. The molecule has 51 heavy (non-hydrogen) atoms. The molecule has 240 valence electrons. The standard InChI is InChI=1S/C47H32N4/c1-2-10-40-35(7-1)25-43(42-12-4-3-11-41(40)42)36-21-24-51-45-27-39(33-15-13-31(14-16-33)37-8-5-22-48-29-37)26-44(47(45)50-46(51)28-36)34-19-17-32(18-20-34)38-9-6-23-49-30-38/h1-30,46,50H. The van der Waals surface area contributed by atoms with E-state index in [1.165, 1.54) is 49.4 Å².